The SMILES string of the molecule is CSCCC(C(=O)N1CCN(c2cc(C)c3ccccc3n2)CC1)N1C(=O)c2ccccc2C1=O. The van der Waals surface area contributed by atoms with Gasteiger partial charge in [0, 0.05) is 31.6 Å². The monoisotopic (exact) mass is 488 g/mol. The van der Waals surface area contributed by atoms with Gasteiger partial charge in [0.1, 0.15) is 11.9 Å². The van der Waals surface area contributed by atoms with Gasteiger partial charge in [-0.2, -0.15) is 11.8 Å². The van der Waals surface area contributed by atoms with Crippen LogP contribution in [0.3, 0.4) is 0 Å². The predicted octanol–water partition coefficient (Wildman–Crippen LogP) is 3.61. The lowest BCUT2D eigenvalue weighted by Gasteiger charge is -2.38. The maximum absolute atomic E-state index is 13.6. The van der Waals surface area contributed by atoms with Gasteiger partial charge in [-0.15, -0.1) is 0 Å². The first-order chi connectivity index (χ1) is 17.0. The van der Waals surface area contributed by atoms with Gasteiger partial charge >= 0.3 is 0 Å². The van der Waals surface area contributed by atoms with Crippen molar-refractivity contribution in [2.45, 2.75) is 19.4 Å². The Morgan fingerprint density at radius 2 is 1.60 bits per heavy atom. The summed E-state index contributed by atoms with van der Waals surface area (Å²) in [4.78, 5) is 49.8. The Morgan fingerprint density at radius 3 is 2.26 bits per heavy atom. The molecule has 3 aromatic rings. The number of fused-ring (bicyclic) bond motifs is 2. The number of carbonyl (C=O) groups excluding carboxylic acids is 3. The molecule has 2 aliphatic rings. The Bertz CT molecular complexity index is 1270. The zero-order valence-electron chi connectivity index (χ0n) is 19.9. The zero-order chi connectivity index (χ0) is 24.5. The molecule has 1 atom stereocenters. The van der Waals surface area contributed by atoms with Crippen molar-refractivity contribution < 1.29 is 14.4 Å². The maximum atomic E-state index is 13.6. The Morgan fingerprint density at radius 1 is 0.971 bits per heavy atom. The molecule has 1 aromatic heterocycles. The van der Waals surface area contributed by atoms with Crippen molar-refractivity contribution in [3.05, 3.63) is 71.3 Å². The second-order valence-electron chi connectivity index (χ2n) is 8.95. The molecular formula is C27H28N4O3S. The van der Waals surface area contributed by atoms with Gasteiger partial charge in [0.15, 0.2) is 0 Å². The highest BCUT2D eigenvalue weighted by Gasteiger charge is 2.43. The summed E-state index contributed by atoms with van der Waals surface area (Å²) >= 11 is 1.60. The second kappa shape index (κ2) is 9.70. The third-order valence-corrected chi connectivity index (χ3v) is 7.49. The molecule has 3 heterocycles. The van der Waals surface area contributed by atoms with Gasteiger partial charge in [-0.3, -0.25) is 19.3 Å². The van der Waals surface area contributed by atoms with E-state index in [1.54, 1.807) is 40.9 Å². The van der Waals surface area contributed by atoms with Gasteiger partial charge in [0.25, 0.3) is 11.8 Å². The van der Waals surface area contributed by atoms with Crippen LogP contribution in [0.1, 0.15) is 32.7 Å². The molecule has 8 heteroatoms. The number of aryl methyl sites for hydroxylation is 1. The highest BCUT2D eigenvalue weighted by molar-refractivity contribution is 7.98. The lowest BCUT2D eigenvalue weighted by atomic mass is 10.1. The third-order valence-electron chi connectivity index (χ3n) is 6.84. The quantitative estimate of drug-likeness (QED) is 0.494. The van der Waals surface area contributed by atoms with Crippen LogP contribution in [0.5, 0.6) is 0 Å². The largest absolute Gasteiger partial charge is 0.353 e. The summed E-state index contributed by atoms with van der Waals surface area (Å²) < 4.78 is 0. The molecule has 0 N–H and O–H groups in total. The minimum absolute atomic E-state index is 0.157. The molecule has 0 spiro atoms. The molecular weight excluding hydrogens is 460 g/mol. The molecule has 5 rings (SSSR count). The smallest absolute Gasteiger partial charge is 0.262 e. The summed E-state index contributed by atoms with van der Waals surface area (Å²) in [7, 11) is 0. The van der Waals surface area contributed by atoms with Gasteiger partial charge in [-0.1, -0.05) is 30.3 Å². The molecule has 0 radical (unpaired) electrons. The topological polar surface area (TPSA) is 73.8 Å². The van der Waals surface area contributed by atoms with Gasteiger partial charge in [-0.25, -0.2) is 4.98 Å². The number of anilines is 1. The third kappa shape index (κ3) is 4.27. The zero-order valence-corrected chi connectivity index (χ0v) is 20.8. The number of para-hydroxylation sites is 1. The van der Waals surface area contributed by atoms with E-state index in [4.69, 9.17) is 4.98 Å². The number of carbonyl (C=O) groups is 3. The molecule has 35 heavy (non-hydrogen) atoms. The van der Waals surface area contributed by atoms with Crippen LogP contribution in [0, 0.1) is 6.92 Å². The van der Waals surface area contributed by atoms with E-state index in [1.165, 1.54) is 10.5 Å². The van der Waals surface area contributed by atoms with Crippen LogP contribution in [-0.4, -0.2) is 76.7 Å². The number of pyridine rings is 1. The average Bonchev–Trinajstić information content (AvgIpc) is 3.14. The number of hydrogen-bond donors (Lipinski definition) is 0. The molecule has 0 saturated carbocycles. The van der Waals surface area contributed by atoms with E-state index in [9.17, 15) is 14.4 Å². The molecule has 3 amide bonds. The van der Waals surface area contributed by atoms with Crippen molar-refractivity contribution in [3.63, 3.8) is 0 Å². The number of amides is 3. The van der Waals surface area contributed by atoms with Crippen LogP contribution in [0.25, 0.3) is 10.9 Å². The fourth-order valence-electron chi connectivity index (χ4n) is 4.94. The summed E-state index contributed by atoms with van der Waals surface area (Å²) in [6, 6.07) is 16.2. The standard InChI is InChI=1S/C27H28N4O3S/c1-18-17-24(28-22-10-6-5-7-19(18)22)29-12-14-30(15-13-29)27(34)23(11-16-35-2)31-25(32)20-8-3-4-9-21(20)26(31)33/h3-10,17,23H,11-16H2,1-2H3. The highest BCUT2D eigenvalue weighted by atomic mass is 32.2. The number of hydrogen-bond acceptors (Lipinski definition) is 6. The van der Waals surface area contributed by atoms with Crippen molar-refractivity contribution >= 4 is 46.2 Å². The molecule has 0 bridgehead atoms. The summed E-state index contributed by atoms with van der Waals surface area (Å²) in [6.45, 7) is 4.42. The summed E-state index contributed by atoms with van der Waals surface area (Å²) in [5.74, 6) is 0.687. The number of rotatable bonds is 6. The van der Waals surface area contributed by atoms with E-state index >= 15 is 0 Å². The minimum atomic E-state index is -0.789. The van der Waals surface area contributed by atoms with E-state index in [2.05, 4.69) is 24.0 Å². The Balaban J connectivity index is 1.32. The average molecular weight is 489 g/mol. The normalized spacial score (nSPS) is 16.7. The molecule has 7 nitrogen and oxygen atoms in total. The van der Waals surface area contributed by atoms with Crippen molar-refractivity contribution in [2.24, 2.45) is 0 Å². The lowest BCUT2D eigenvalue weighted by Crippen LogP contribution is -2.56. The van der Waals surface area contributed by atoms with Gasteiger partial charge in [-0.05, 0) is 55.2 Å². The number of nitrogens with zero attached hydrogens (tertiary/aromatic N) is 4. The van der Waals surface area contributed by atoms with Crippen molar-refractivity contribution in [3.8, 4) is 0 Å². The first-order valence-electron chi connectivity index (χ1n) is 11.9. The first kappa shape index (κ1) is 23.4. The number of benzene rings is 2. The summed E-state index contributed by atoms with van der Waals surface area (Å²) in [6.07, 6.45) is 2.40. The molecule has 1 unspecified atom stereocenters. The molecule has 2 aromatic carbocycles. The molecule has 180 valence electrons. The van der Waals surface area contributed by atoms with Crippen LogP contribution in [0.4, 0.5) is 5.82 Å². The van der Waals surface area contributed by atoms with Crippen LogP contribution < -0.4 is 4.90 Å². The number of aromatic nitrogens is 1. The van der Waals surface area contributed by atoms with Crippen LogP contribution in [0.15, 0.2) is 54.6 Å². The number of imide groups is 1. The molecule has 0 aliphatic carbocycles. The number of piperazine rings is 1. The van der Waals surface area contributed by atoms with Crippen LogP contribution in [-0.2, 0) is 4.79 Å². The van der Waals surface area contributed by atoms with Gasteiger partial charge < -0.3 is 9.80 Å². The van der Waals surface area contributed by atoms with Crippen molar-refractivity contribution in [1.29, 1.82) is 0 Å². The summed E-state index contributed by atoms with van der Waals surface area (Å²) in [5, 5.41) is 1.14. The van der Waals surface area contributed by atoms with Crippen LogP contribution in [0.2, 0.25) is 0 Å². The van der Waals surface area contributed by atoms with Gasteiger partial charge in [0.05, 0.1) is 16.6 Å². The molecule has 2 aliphatic heterocycles. The van der Waals surface area contributed by atoms with Crippen molar-refractivity contribution in [2.75, 3.05) is 43.1 Å². The summed E-state index contributed by atoms with van der Waals surface area (Å²) in [5.41, 5.74) is 2.89. The fraction of sp³-hybridized carbons (Fsp3) is 0.333. The second-order valence-corrected chi connectivity index (χ2v) is 9.94. The number of thioether (sulfide) groups is 1. The van der Waals surface area contributed by atoms with E-state index in [-0.39, 0.29) is 17.7 Å². The highest BCUT2D eigenvalue weighted by Crippen LogP contribution is 2.28. The van der Waals surface area contributed by atoms with E-state index in [0.717, 1.165) is 16.7 Å². The Kier molecular flexibility index (Phi) is 6.47. The Labute approximate surface area is 209 Å². The Hall–Kier alpha value is -3.39. The van der Waals surface area contributed by atoms with Crippen molar-refractivity contribution in [1.82, 2.24) is 14.8 Å². The maximum Gasteiger partial charge on any atom is 0.262 e. The lowest BCUT2D eigenvalue weighted by molar-refractivity contribution is -0.135. The molecule has 1 saturated heterocycles. The predicted molar refractivity (Wildman–Crippen MR) is 139 cm³/mol. The van der Waals surface area contributed by atoms with Crippen LogP contribution >= 0.6 is 11.8 Å². The first-order valence-corrected chi connectivity index (χ1v) is 13.2. The van der Waals surface area contributed by atoms with E-state index in [1.807, 2.05) is 24.5 Å². The van der Waals surface area contributed by atoms with E-state index < -0.39 is 6.04 Å². The molecule has 1 fully saturated rings. The van der Waals surface area contributed by atoms with Gasteiger partial charge in [0.2, 0.25) is 5.91 Å². The minimum Gasteiger partial charge on any atom is -0.353 e. The fourth-order valence-corrected chi connectivity index (χ4v) is 5.40. The van der Waals surface area contributed by atoms with E-state index in [0.29, 0.717) is 49.5 Å².